The molecular formula is C48H29NO2S. The predicted molar refractivity (Wildman–Crippen MR) is 219 cm³/mol. The first-order valence-electron chi connectivity index (χ1n) is 17.5. The van der Waals surface area contributed by atoms with Crippen molar-refractivity contribution in [2.75, 3.05) is 4.90 Å². The summed E-state index contributed by atoms with van der Waals surface area (Å²) in [4.78, 5) is 2.45. The molecule has 52 heavy (non-hydrogen) atoms. The summed E-state index contributed by atoms with van der Waals surface area (Å²) in [5.74, 6) is 0. The van der Waals surface area contributed by atoms with Crippen molar-refractivity contribution in [3.05, 3.63) is 176 Å². The SMILES string of the molecule is c1ccc(-c2cc(N(c3ccc4oc5ccccc5c4c3)c3ccc(-c4ccccc4)c4sc5ccccc5c34)c3c(c2)oc2ccccc23)cc1. The van der Waals surface area contributed by atoms with E-state index >= 15 is 0 Å². The Balaban J connectivity index is 1.30. The lowest BCUT2D eigenvalue weighted by molar-refractivity contribution is 0.668. The molecule has 3 aromatic heterocycles. The first kappa shape index (κ1) is 29.1. The topological polar surface area (TPSA) is 29.5 Å². The first-order chi connectivity index (χ1) is 25.8. The molecule has 11 rings (SSSR count). The van der Waals surface area contributed by atoms with E-state index in [1.165, 1.54) is 31.3 Å². The van der Waals surface area contributed by atoms with Gasteiger partial charge in [0, 0.05) is 42.0 Å². The molecule has 3 nitrogen and oxygen atoms in total. The van der Waals surface area contributed by atoms with Crippen molar-refractivity contribution in [2.24, 2.45) is 0 Å². The second kappa shape index (κ2) is 11.5. The third-order valence-electron chi connectivity index (χ3n) is 10.3. The van der Waals surface area contributed by atoms with E-state index in [2.05, 4.69) is 163 Å². The van der Waals surface area contributed by atoms with E-state index in [1.807, 2.05) is 29.5 Å². The lowest BCUT2D eigenvalue weighted by Gasteiger charge is -2.28. The van der Waals surface area contributed by atoms with E-state index in [0.717, 1.165) is 72.1 Å². The van der Waals surface area contributed by atoms with Crippen LogP contribution in [0.15, 0.2) is 185 Å². The van der Waals surface area contributed by atoms with Crippen LogP contribution in [0.1, 0.15) is 0 Å². The highest BCUT2D eigenvalue weighted by atomic mass is 32.1. The van der Waals surface area contributed by atoms with Gasteiger partial charge in [0.2, 0.25) is 0 Å². The van der Waals surface area contributed by atoms with Crippen LogP contribution < -0.4 is 4.90 Å². The van der Waals surface area contributed by atoms with Crippen molar-refractivity contribution in [3.8, 4) is 22.3 Å². The zero-order valence-corrected chi connectivity index (χ0v) is 28.7. The van der Waals surface area contributed by atoms with Gasteiger partial charge >= 0.3 is 0 Å². The zero-order valence-electron chi connectivity index (χ0n) is 27.9. The van der Waals surface area contributed by atoms with Gasteiger partial charge in [0.15, 0.2) is 0 Å². The summed E-state index contributed by atoms with van der Waals surface area (Å²) in [6.45, 7) is 0. The molecule has 0 radical (unpaired) electrons. The van der Waals surface area contributed by atoms with Crippen LogP contribution in [0.3, 0.4) is 0 Å². The lowest BCUT2D eigenvalue weighted by Crippen LogP contribution is -2.11. The molecule has 244 valence electrons. The van der Waals surface area contributed by atoms with Crippen LogP contribution in [0.25, 0.3) is 86.3 Å². The van der Waals surface area contributed by atoms with Crippen LogP contribution in [0.4, 0.5) is 17.1 Å². The van der Waals surface area contributed by atoms with Gasteiger partial charge in [0.05, 0.1) is 16.8 Å². The number of hydrogen-bond donors (Lipinski definition) is 0. The third kappa shape index (κ3) is 4.45. The molecule has 0 atom stereocenters. The van der Waals surface area contributed by atoms with Crippen molar-refractivity contribution < 1.29 is 8.83 Å². The third-order valence-corrected chi connectivity index (χ3v) is 11.5. The number of benzene rings is 8. The van der Waals surface area contributed by atoms with Gasteiger partial charge in [0.25, 0.3) is 0 Å². The van der Waals surface area contributed by atoms with Gasteiger partial charge in [-0.2, -0.15) is 0 Å². The van der Waals surface area contributed by atoms with Gasteiger partial charge in [-0.1, -0.05) is 121 Å². The Labute approximate surface area is 303 Å². The monoisotopic (exact) mass is 683 g/mol. The first-order valence-corrected chi connectivity index (χ1v) is 18.3. The Morgan fingerprint density at radius 3 is 1.83 bits per heavy atom. The fourth-order valence-corrected chi connectivity index (χ4v) is 9.17. The van der Waals surface area contributed by atoms with Crippen LogP contribution in [0.2, 0.25) is 0 Å². The summed E-state index contributed by atoms with van der Waals surface area (Å²) >= 11 is 1.86. The number of fused-ring (bicyclic) bond motifs is 9. The zero-order chi connectivity index (χ0) is 34.2. The van der Waals surface area contributed by atoms with Crippen molar-refractivity contribution >= 4 is 92.4 Å². The van der Waals surface area contributed by atoms with E-state index in [0.29, 0.717) is 0 Å². The number of anilines is 3. The number of nitrogens with zero attached hydrogens (tertiary/aromatic N) is 1. The van der Waals surface area contributed by atoms with E-state index in [1.54, 1.807) is 0 Å². The van der Waals surface area contributed by atoms with E-state index in [9.17, 15) is 0 Å². The number of para-hydroxylation sites is 2. The molecule has 0 aliphatic heterocycles. The van der Waals surface area contributed by atoms with Crippen molar-refractivity contribution in [3.63, 3.8) is 0 Å². The van der Waals surface area contributed by atoms with Gasteiger partial charge in [-0.25, -0.2) is 0 Å². The Morgan fingerprint density at radius 2 is 1.02 bits per heavy atom. The molecule has 0 saturated carbocycles. The molecule has 11 aromatic rings. The lowest BCUT2D eigenvalue weighted by atomic mass is 9.98. The average molecular weight is 684 g/mol. The van der Waals surface area contributed by atoms with Crippen LogP contribution in [0, 0.1) is 0 Å². The van der Waals surface area contributed by atoms with Gasteiger partial charge in [-0.15, -0.1) is 11.3 Å². The summed E-state index contributed by atoms with van der Waals surface area (Å²) in [5.41, 5.74) is 11.3. The molecule has 0 aliphatic carbocycles. The Kier molecular flexibility index (Phi) is 6.42. The minimum absolute atomic E-state index is 0.852. The molecule has 0 fully saturated rings. The summed E-state index contributed by atoms with van der Waals surface area (Å²) in [7, 11) is 0. The molecule has 0 saturated heterocycles. The summed E-state index contributed by atoms with van der Waals surface area (Å²) in [5, 5.41) is 6.80. The molecule has 0 amide bonds. The highest BCUT2D eigenvalue weighted by molar-refractivity contribution is 7.26. The van der Waals surface area contributed by atoms with Crippen LogP contribution in [0.5, 0.6) is 0 Å². The number of rotatable bonds is 5. The maximum atomic E-state index is 6.67. The normalized spacial score (nSPS) is 11.8. The maximum Gasteiger partial charge on any atom is 0.138 e. The fourth-order valence-electron chi connectivity index (χ4n) is 7.91. The molecular weight excluding hydrogens is 655 g/mol. The second-order valence-electron chi connectivity index (χ2n) is 13.2. The largest absolute Gasteiger partial charge is 0.456 e. The highest BCUT2D eigenvalue weighted by Gasteiger charge is 2.25. The molecule has 0 spiro atoms. The Bertz CT molecular complexity index is 3130. The predicted octanol–water partition coefficient (Wildman–Crippen LogP) is 14.7. The summed E-state index contributed by atoms with van der Waals surface area (Å²) in [6.07, 6.45) is 0. The fraction of sp³-hybridized carbons (Fsp3) is 0. The summed E-state index contributed by atoms with van der Waals surface area (Å²) < 4.78 is 15.5. The molecule has 0 aliphatic rings. The quantitative estimate of drug-likeness (QED) is 0.181. The molecule has 0 N–H and O–H groups in total. The van der Waals surface area contributed by atoms with Crippen LogP contribution in [-0.2, 0) is 0 Å². The molecule has 0 unspecified atom stereocenters. The van der Waals surface area contributed by atoms with Gasteiger partial charge in [-0.3, -0.25) is 0 Å². The van der Waals surface area contributed by atoms with Crippen LogP contribution >= 0.6 is 11.3 Å². The van der Waals surface area contributed by atoms with E-state index in [-0.39, 0.29) is 0 Å². The van der Waals surface area contributed by atoms with Gasteiger partial charge < -0.3 is 13.7 Å². The van der Waals surface area contributed by atoms with E-state index in [4.69, 9.17) is 8.83 Å². The number of furan rings is 2. The summed E-state index contributed by atoms with van der Waals surface area (Å²) in [6, 6.07) is 62.5. The molecule has 8 aromatic carbocycles. The highest BCUT2D eigenvalue weighted by Crippen LogP contribution is 2.51. The van der Waals surface area contributed by atoms with E-state index < -0.39 is 0 Å². The number of hydrogen-bond acceptors (Lipinski definition) is 4. The van der Waals surface area contributed by atoms with Crippen molar-refractivity contribution in [2.45, 2.75) is 0 Å². The maximum absolute atomic E-state index is 6.67. The Morgan fingerprint density at radius 1 is 0.385 bits per heavy atom. The molecule has 0 bridgehead atoms. The van der Waals surface area contributed by atoms with Crippen molar-refractivity contribution in [1.29, 1.82) is 0 Å². The Hall–Kier alpha value is -6.62. The van der Waals surface area contributed by atoms with Crippen molar-refractivity contribution in [1.82, 2.24) is 0 Å². The van der Waals surface area contributed by atoms with Gasteiger partial charge in [0.1, 0.15) is 22.3 Å². The van der Waals surface area contributed by atoms with Crippen LogP contribution in [-0.4, -0.2) is 0 Å². The second-order valence-corrected chi connectivity index (χ2v) is 14.3. The molecule has 4 heteroatoms. The minimum Gasteiger partial charge on any atom is -0.456 e. The standard InChI is InChI=1S/C48H29NO2S/c1-3-13-30(14-4-1)32-27-40(46-36-18-8-11-21-42(36)51-44(46)28-32)49(33-23-26-43-38(29-33)35-17-7-10-20-41(35)50-43)39-25-24-34(31-15-5-2-6-16-31)48-47(39)37-19-9-12-22-45(37)52-48/h1-29H. The number of thiophene rings is 1. The van der Waals surface area contributed by atoms with Gasteiger partial charge in [-0.05, 0) is 76.9 Å². The smallest absolute Gasteiger partial charge is 0.138 e. The minimum atomic E-state index is 0.852. The molecule has 3 heterocycles. The average Bonchev–Trinajstić information content (AvgIpc) is 3.90.